The third kappa shape index (κ3) is 5.34. The number of nitro groups is 1. The molecule has 0 saturated carbocycles. The van der Waals surface area contributed by atoms with Gasteiger partial charge in [-0.3, -0.25) is 19.7 Å². The van der Waals surface area contributed by atoms with E-state index in [2.05, 4.69) is 10.6 Å². The Bertz CT molecular complexity index is 1010. The van der Waals surface area contributed by atoms with E-state index < -0.39 is 22.9 Å². The molecule has 0 unspecified atom stereocenters. The van der Waals surface area contributed by atoms with E-state index in [-0.39, 0.29) is 5.69 Å². The lowest BCUT2D eigenvalue weighted by atomic mass is 10.1. The molecule has 0 aliphatic carbocycles. The summed E-state index contributed by atoms with van der Waals surface area (Å²) in [6.07, 6.45) is -0.933. The number of nitrogens with one attached hydrogen (secondary N) is 2. The van der Waals surface area contributed by atoms with Crippen LogP contribution in [0.15, 0.2) is 72.8 Å². The maximum Gasteiger partial charge on any atom is 0.269 e. The van der Waals surface area contributed by atoms with E-state index in [1.807, 2.05) is 0 Å². The van der Waals surface area contributed by atoms with Crippen LogP contribution >= 0.6 is 23.2 Å². The standard InChI is InChI=1S/C21H15Cl2N3O4/c22-16-7-1-14(2-8-16)20(27)24-19(13-5-11-18(12-6-13)26(29)30)25-21(28)15-3-9-17(23)10-4-15/h1-12,19H,(H,24,27)(H,25,28). The predicted octanol–water partition coefficient (Wildman–Crippen LogP) is 4.76. The number of benzene rings is 3. The van der Waals surface area contributed by atoms with E-state index in [0.29, 0.717) is 26.7 Å². The lowest BCUT2D eigenvalue weighted by Crippen LogP contribution is -2.41. The lowest BCUT2D eigenvalue weighted by Gasteiger charge is -2.21. The van der Waals surface area contributed by atoms with E-state index >= 15 is 0 Å². The molecule has 0 atom stereocenters. The normalized spacial score (nSPS) is 10.5. The molecule has 0 heterocycles. The van der Waals surface area contributed by atoms with Gasteiger partial charge in [0.15, 0.2) is 0 Å². The number of nitrogens with zero attached hydrogens (tertiary/aromatic N) is 1. The molecule has 3 aromatic rings. The molecule has 3 aromatic carbocycles. The van der Waals surface area contributed by atoms with Crippen LogP contribution in [0.2, 0.25) is 10.0 Å². The molecule has 0 saturated heterocycles. The first-order valence-electron chi connectivity index (χ1n) is 8.71. The number of halogens is 2. The van der Waals surface area contributed by atoms with Crippen molar-refractivity contribution in [1.82, 2.24) is 10.6 Å². The Morgan fingerprint density at radius 2 is 1.13 bits per heavy atom. The SMILES string of the molecule is O=C(NC(NC(=O)c1ccc(Cl)cc1)c1ccc([N+](=O)[O-])cc1)c1ccc(Cl)cc1. The zero-order valence-corrected chi connectivity index (χ0v) is 16.9. The topological polar surface area (TPSA) is 101 Å². The van der Waals surface area contributed by atoms with Crippen LogP contribution in [0.25, 0.3) is 0 Å². The molecule has 30 heavy (non-hydrogen) atoms. The maximum atomic E-state index is 12.6. The highest BCUT2D eigenvalue weighted by molar-refractivity contribution is 6.31. The zero-order valence-electron chi connectivity index (χ0n) is 15.3. The van der Waals surface area contributed by atoms with Crippen molar-refractivity contribution in [3.8, 4) is 0 Å². The van der Waals surface area contributed by atoms with E-state index in [1.54, 1.807) is 48.5 Å². The highest BCUT2D eigenvalue weighted by Crippen LogP contribution is 2.19. The second-order valence-corrected chi connectivity index (χ2v) is 7.12. The number of non-ortho nitro benzene ring substituents is 1. The molecule has 0 bridgehead atoms. The lowest BCUT2D eigenvalue weighted by molar-refractivity contribution is -0.384. The Morgan fingerprint density at radius 3 is 1.50 bits per heavy atom. The highest BCUT2D eigenvalue weighted by Gasteiger charge is 2.20. The molecule has 2 N–H and O–H groups in total. The third-order valence-corrected chi connectivity index (χ3v) is 4.70. The van der Waals surface area contributed by atoms with Crippen molar-refractivity contribution in [3.63, 3.8) is 0 Å². The van der Waals surface area contributed by atoms with Gasteiger partial charge in [0.1, 0.15) is 6.17 Å². The Balaban J connectivity index is 1.86. The van der Waals surface area contributed by atoms with Gasteiger partial charge >= 0.3 is 0 Å². The maximum absolute atomic E-state index is 12.6. The number of hydrogen-bond donors (Lipinski definition) is 2. The minimum Gasteiger partial charge on any atom is -0.328 e. The quantitative estimate of drug-likeness (QED) is 0.325. The zero-order chi connectivity index (χ0) is 21.7. The van der Waals surface area contributed by atoms with Crippen molar-refractivity contribution in [3.05, 3.63) is 110 Å². The van der Waals surface area contributed by atoms with Gasteiger partial charge in [0.2, 0.25) is 0 Å². The Kier molecular flexibility index (Phi) is 6.66. The van der Waals surface area contributed by atoms with Crippen molar-refractivity contribution in [2.45, 2.75) is 6.17 Å². The number of hydrogen-bond acceptors (Lipinski definition) is 4. The van der Waals surface area contributed by atoms with Crippen LogP contribution in [0.5, 0.6) is 0 Å². The van der Waals surface area contributed by atoms with Crippen LogP contribution < -0.4 is 10.6 Å². The molecule has 0 aliphatic rings. The predicted molar refractivity (Wildman–Crippen MR) is 114 cm³/mol. The van der Waals surface area contributed by atoms with Crippen molar-refractivity contribution in [1.29, 1.82) is 0 Å². The Hall–Kier alpha value is -3.42. The Labute approximate surface area is 181 Å². The van der Waals surface area contributed by atoms with Crippen molar-refractivity contribution < 1.29 is 14.5 Å². The number of carbonyl (C=O) groups is 2. The summed E-state index contributed by atoms with van der Waals surface area (Å²) in [7, 11) is 0. The summed E-state index contributed by atoms with van der Waals surface area (Å²) in [6.45, 7) is 0. The summed E-state index contributed by atoms with van der Waals surface area (Å²) >= 11 is 11.7. The van der Waals surface area contributed by atoms with Gasteiger partial charge in [-0.25, -0.2) is 0 Å². The van der Waals surface area contributed by atoms with Gasteiger partial charge in [-0.2, -0.15) is 0 Å². The first-order chi connectivity index (χ1) is 14.3. The van der Waals surface area contributed by atoms with Crippen LogP contribution in [0, 0.1) is 10.1 Å². The van der Waals surface area contributed by atoms with Gasteiger partial charge in [0.25, 0.3) is 17.5 Å². The van der Waals surface area contributed by atoms with E-state index in [1.165, 1.54) is 24.3 Å². The fourth-order valence-electron chi connectivity index (χ4n) is 2.62. The van der Waals surface area contributed by atoms with Crippen LogP contribution in [-0.2, 0) is 0 Å². The molecule has 3 rings (SSSR count). The van der Waals surface area contributed by atoms with Crippen LogP contribution in [0.1, 0.15) is 32.4 Å². The van der Waals surface area contributed by atoms with Crippen LogP contribution in [0.3, 0.4) is 0 Å². The number of rotatable bonds is 6. The molecule has 152 valence electrons. The monoisotopic (exact) mass is 443 g/mol. The molecule has 0 fully saturated rings. The molecule has 7 nitrogen and oxygen atoms in total. The molecule has 0 radical (unpaired) electrons. The summed E-state index contributed by atoms with van der Waals surface area (Å²) < 4.78 is 0. The smallest absolute Gasteiger partial charge is 0.269 e. The van der Waals surface area contributed by atoms with Crippen LogP contribution in [0.4, 0.5) is 5.69 Å². The number of amides is 2. The van der Waals surface area contributed by atoms with E-state index in [0.717, 1.165) is 0 Å². The molecule has 0 spiro atoms. The summed E-state index contributed by atoms with van der Waals surface area (Å²) in [5, 5.41) is 17.3. The van der Waals surface area contributed by atoms with Gasteiger partial charge in [-0.1, -0.05) is 23.2 Å². The average Bonchev–Trinajstić information content (AvgIpc) is 2.74. The van der Waals surface area contributed by atoms with Gasteiger partial charge in [0.05, 0.1) is 4.92 Å². The minimum atomic E-state index is -0.933. The van der Waals surface area contributed by atoms with Crippen molar-refractivity contribution in [2.75, 3.05) is 0 Å². The van der Waals surface area contributed by atoms with Gasteiger partial charge in [0, 0.05) is 33.3 Å². The molecular formula is C21H15Cl2N3O4. The fourth-order valence-corrected chi connectivity index (χ4v) is 2.87. The first-order valence-corrected chi connectivity index (χ1v) is 9.46. The number of carbonyl (C=O) groups excluding carboxylic acids is 2. The second kappa shape index (κ2) is 9.39. The molecule has 0 aliphatic heterocycles. The van der Waals surface area contributed by atoms with Gasteiger partial charge < -0.3 is 10.6 Å². The van der Waals surface area contributed by atoms with Crippen molar-refractivity contribution in [2.24, 2.45) is 0 Å². The molecule has 0 aromatic heterocycles. The van der Waals surface area contributed by atoms with E-state index in [4.69, 9.17) is 23.2 Å². The first kappa shape index (κ1) is 21.3. The summed E-state index contributed by atoms with van der Waals surface area (Å²) in [6, 6.07) is 18.0. The highest BCUT2D eigenvalue weighted by atomic mass is 35.5. The van der Waals surface area contributed by atoms with Gasteiger partial charge in [-0.05, 0) is 66.2 Å². The van der Waals surface area contributed by atoms with Crippen LogP contribution in [-0.4, -0.2) is 16.7 Å². The third-order valence-electron chi connectivity index (χ3n) is 4.20. The summed E-state index contributed by atoms with van der Waals surface area (Å²) in [4.78, 5) is 35.7. The number of nitro benzene ring substituents is 1. The summed E-state index contributed by atoms with van der Waals surface area (Å²) in [5.41, 5.74) is 1.04. The van der Waals surface area contributed by atoms with E-state index in [9.17, 15) is 19.7 Å². The average molecular weight is 444 g/mol. The minimum absolute atomic E-state index is 0.106. The molecule has 2 amide bonds. The second-order valence-electron chi connectivity index (χ2n) is 6.24. The summed E-state index contributed by atoms with van der Waals surface area (Å²) in [5.74, 6) is -0.905. The largest absolute Gasteiger partial charge is 0.328 e. The Morgan fingerprint density at radius 1 is 0.733 bits per heavy atom. The fraction of sp³-hybridized carbons (Fsp3) is 0.0476. The van der Waals surface area contributed by atoms with Gasteiger partial charge in [-0.15, -0.1) is 0 Å². The molecule has 9 heteroatoms. The molecular weight excluding hydrogens is 429 g/mol. The van der Waals surface area contributed by atoms with Crippen molar-refractivity contribution >= 4 is 40.7 Å².